The van der Waals surface area contributed by atoms with Gasteiger partial charge < -0.3 is 15.1 Å². The molecule has 2 aromatic carbocycles. The Kier molecular flexibility index (Phi) is 5.56. The fourth-order valence-corrected chi connectivity index (χ4v) is 6.25. The molecule has 0 spiro atoms. The van der Waals surface area contributed by atoms with E-state index in [0.717, 1.165) is 43.1 Å². The van der Waals surface area contributed by atoms with Crippen molar-refractivity contribution in [2.24, 2.45) is 11.8 Å². The zero-order valence-electron chi connectivity index (χ0n) is 17.1. The molecule has 2 aromatic rings. The van der Waals surface area contributed by atoms with Crippen LogP contribution in [0.1, 0.15) is 42.9 Å². The summed E-state index contributed by atoms with van der Waals surface area (Å²) in [5.41, 5.74) is 2.81. The predicted molar refractivity (Wildman–Crippen MR) is 122 cm³/mol. The molecule has 3 nitrogen and oxygen atoms in total. The summed E-state index contributed by atoms with van der Waals surface area (Å²) in [6.07, 6.45) is 5.60. The van der Waals surface area contributed by atoms with E-state index in [-0.39, 0.29) is 0 Å². The molecule has 152 valence electrons. The SMILES string of the molecule is S=C(N[C@H]1C[C@H]2CC[C@H]1C2)N1CC[NH+](C(c2ccccc2)c2ccccc2)CC1. The maximum absolute atomic E-state index is 5.82. The summed E-state index contributed by atoms with van der Waals surface area (Å²) in [5.74, 6) is 1.82. The molecule has 3 aliphatic rings. The number of hydrogen-bond acceptors (Lipinski definition) is 1. The van der Waals surface area contributed by atoms with Crippen LogP contribution in [0.4, 0.5) is 0 Å². The summed E-state index contributed by atoms with van der Waals surface area (Å²) < 4.78 is 0. The van der Waals surface area contributed by atoms with Gasteiger partial charge in [-0.25, -0.2) is 0 Å². The van der Waals surface area contributed by atoms with Crippen molar-refractivity contribution >= 4 is 17.3 Å². The molecule has 5 rings (SSSR count). The Bertz CT molecular complexity index is 777. The first-order chi connectivity index (χ1) is 14.3. The minimum Gasteiger partial charge on any atom is -0.360 e. The second-order valence-corrected chi connectivity index (χ2v) is 9.52. The van der Waals surface area contributed by atoms with Crippen LogP contribution in [-0.2, 0) is 0 Å². The summed E-state index contributed by atoms with van der Waals surface area (Å²) in [4.78, 5) is 4.05. The fourth-order valence-electron chi connectivity index (χ4n) is 5.91. The molecule has 0 unspecified atom stereocenters. The Morgan fingerprint density at radius 1 is 0.897 bits per heavy atom. The number of thiocarbonyl (C=S) groups is 1. The van der Waals surface area contributed by atoms with Crippen molar-refractivity contribution in [2.45, 2.75) is 37.8 Å². The molecule has 2 N–H and O–H groups in total. The van der Waals surface area contributed by atoms with Crippen LogP contribution in [0.5, 0.6) is 0 Å². The molecule has 2 aliphatic carbocycles. The van der Waals surface area contributed by atoms with Gasteiger partial charge >= 0.3 is 0 Å². The van der Waals surface area contributed by atoms with Gasteiger partial charge in [0.2, 0.25) is 0 Å². The zero-order valence-corrected chi connectivity index (χ0v) is 17.9. The van der Waals surface area contributed by atoms with Crippen LogP contribution in [0, 0.1) is 11.8 Å². The molecule has 4 heteroatoms. The molecular formula is C25H32N3S+. The maximum atomic E-state index is 5.82. The predicted octanol–water partition coefficient (Wildman–Crippen LogP) is 3.04. The third kappa shape index (κ3) is 4.06. The first-order valence-electron chi connectivity index (χ1n) is 11.3. The largest absolute Gasteiger partial charge is 0.360 e. The second kappa shape index (κ2) is 8.45. The molecule has 1 saturated heterocycles. The number of hydrogen-bond donors (Lipinski definition) is 2. The highest BCUT2D eigenvalue weighted by atomic mass is 32.1. The normalized spacial score (nSPS) is 26.8. The average Bonchev–Trinajstić information content (AvgIpc) is 3.39. The van der Waals surface area contributed by atoms with E-state index < -0.39 is 0 Å². The molecule has 3 fully saturated rings. The molecular weight excluding hydrogens is 374 g/mol. The van der Waals surface area contributed by atoms with Gasteiger partial charge in [-0.3, -0.25) is 0 Å². The number of quaternary nitrogens is 1. The third-order valence-corrected chi connectivity index (χ3v) is 7.79. The van der Waals surface area contributed by atoms with E-state index in [9.17, 15) is 0 Å². The molecule has 1 aliphatic heterocycles. The van der Waals surface area contributed by atoms with Gasteiger partial charge in [0, 0.05) is 17.2 Å². The Balaban J connectivity index is 1.24. The first kappa shape index (κ1) is 19.1. The molecule has 2 saturated carbocycles. The number of nitrogens with one attached hydrogen (secondary N) is 2. The minimum atomic E-state index is 0.395. The molecule has 0 amide bonds. The lowest BCUT2D eigenvalue weighted by Crippen LogP contribution is -3.15. The van der Waals surface area contributed by atoms with Crippen LogP contribution in [0.15, 0.2) is 60.7 Å². The van der Waals surface area contributed by atoms with Crippen LogP contribution in [-0.4, -0.2) is 42.2 Å². The van der Waals surface area contributed by atoms with Crippen molar-refractivity contribution in [3.8, 4) is 0 Å². The van der Waals surface area contributed by atoms with Crippen LogP contribution in [0.3, 0.4) is 0 Å². The van der Waals surface area contributed by atoms with E-state index in [0.29, 0.717) is 12.1 Å². The van der Waals surface area contributed by atoms with E-state index in [1.807, 2.05) is 0 Å². The van der Waals surface area contributed by atoms with Crippen molar-refractivity contribution in [3.63, 3.8) is 0 Å². The monoisotopic (exact) mass is 406 g/mol. The number of benzene rings is 2. The zero-order chi connectivity index (χ0) is 19.6. The molecule has 29 heavy (non-hydrogen) atoms. The van der Waals surface area contributed by atoms with Gasteiger partial charge in [0.25, 0.3) is 0 Å². The van der Waals surface area contributed by atoms with Crippen LogP contribution >= 0.6 is 12.2 Å². The van der Waals surface area contributed by atoms with Gasteiger partial charge in [-0.15, -0.1) is 0 Å². The number of fused-ring (bicyclic) bond motifs is 2. The van der Waals surface area contributed by atoms with E-state index >= 15 is 0 Å². The maximum Gasteiger partial charge on any atom is 0.169 e. The van der Waals surface area contributed by atoms with Crippen LogP contribution < -0.4 is 10.2 Å². The van der Waals surface area contributed by atoms with E-state index in [2.05, 4.69) is 70.9 Å². The summed E-state index contributed by atoms with van der Waals surface area (Å²) in [6, 6.07) is 23.0. The van der Waals surface area contributed by atoms with Gasteiger partial charge in [-0.05, 0) is 43.3 Å². The summed E-state index contributed by atoms with van der Waals surface area (Å²) in [7, 11) is 0. The summed E-state index contributed by atoms with van der Waals surface area (Å²) >= 11 is 5.82. The lowest BCUT2D eigenvalue weighted by Gasteiger charge is -2.39. The summed E-state index contributed by atoms with van der Waals surface area (Å²) in [5, 5.41) is 4.73. The Hall–Kier alpha value is -1.91. The molecule has 1 heterocycles. The van der Waals surface area contributed by atoms with Crippen molar-refractivity contribution < 1.29 is 4.90 Å². The lowest BCUT2D eigenvalue weighted by molar-refractivity contribution is -0.929. The number of piperazine rings is 1. The summed E-state index contributed by atoms with van der Waals surface area (Å²) in [6.45, 7) is 4.32. The van der Waals surface area contributed by atoms with Gasteiger partial charge in [0.15, 0.2) is 5.11 Å². The molecule has 0 radical (unpaired) electrons. The van der Waals surface area contributed by atoms with E-state index in [1.54, 1.807) is 4.90 Å². The fraction of sp³-hybridized carbons (Fsp3) is 0.480. The number of nitrogens with zero attached hydrogens (tertiary/aromatic N) is 1. The van der Waals surface area contributed by atoms with Crippen LogP contribution in [0.2, 0.25) is 0 Å². The van der Waals surface area contributed by atoms with E-state index in [1.165, 1.54) is 36.8 Å². The highest BCUT2D eigenvalue weighted by molar-refractivity contribution is 7.80. The molecule has 0 aromatic heterocycles. The minimum absolute atomic E-state index is 0.395. The van der Waals surface area contributed by atoms with E-state index in [4.69, 9.17) is 12.2 Å². The Labute approximate surface area is 180 Å². The Morgan fingerprint density at radius 2 is 1.52 bits per heavy atom. The Morgan fingerprint density at radius 3 is 2.03 bits per heavy atom. The smallest absolute Gasteiger partial charge is 0.169 e. The quantitative estimate of drug-likeness (QED) is 0.762. The van der Waals surface area contributed by atoms with Crippen molar-refractivity contribution in [3.05, 3.63) is 71.8 Å². The van der Waals surface area contributed by atoms with Gasteiger partial charge in [-0.2, -0.15) is 0 Å². The van der Waals surface area contributed by atoms with Crippen LogP contribution in [0.25, 0.3) is 0 Å². The van der Waals surface area contributed by atoms with Gasteiger partial charge in [0.05, 0.1) is 26.2 Å². The van der Waals surface area contributed by atoms with Gasteiger partial charge in [0.1, 0.15) is 6.04 Å². The van der Waals surface area contributed by atoms with Crippen molar-refractivity contribution in [1.82, 2.24) is 10.2 Å². The lowest BCUT2D eigenvalue weighted by atomic mass is 9.95. The van der Waals surface area contributed by atoms with Gasteiger partial charge in [-0.1, -0.05) is 67.1 Å². The number of rotatable bonds is 4. The first-order valence-corrected chi connectivity index (χ1v) is 11.7. The van der Waals surface area contributed by atoms with Crippen molar-refractivity contribution in [2.75, 3.05) is 26.2 Å². The average molecular weight is 407 g/mol. The second-order valence-electron chi connectivity index (χ2n) is 9.13. The standard InChI is InChI=1S/C25H31N3S/c29-25(26-23-18-19-11-12-22(23)17-19)28-15-13-27(14-16-28)24(20-7-3-1-4-8-20)21-9-5-2-6-10-21/h1-10,19,22-24H,11-18H2,(H,26,29)/p+1/t19-,22-,23-/m0/s1. The highest BCUT2D eigenvalue weighted by Crippen LogP contribution is 2.44. The molecule has 2 bridgehead atoms. The molecule has 3 atom stereocenters. The third-order valence-electron chi connectivity index (χ3n) is 7.41. The highest BCUT2D eigenvalue weighted by Gasteiger charge is 2.40. The van der Waals surface area contributed by atoms with Crippen molar-refractivity contribution in [1.29, 1.82) is 0 Å². The topological polar surface area (TPSA) is 19.7 Å².